The second-order valence-electron chi connectivity index (χ2n) is 12.5. The molecule has 0 aliphatic carbocycles. The number of benzene rings is 3. The summed E-state index contributed by atoms with van der Waals surface area (Å²) in [4.78, 5) is 51.7. The van der Waals surface area contributed by atoms with E-state index in [-0.39, 0.29) is 46.9 Å². The van der Waals surface area contributed by atoms with Crippen LogP contribution in [0.3, 0.4) is 0 Å². The largest absolute Gasteiger partial charge is 0.478 e. The lowest BCUT2D eigenvalue weighted by Gasteiger charge is -2.25. The maximum absolute atomic E-state index is 12.8. The highest BCUT2D eigenvalue weighted by atomic mass is 32.1. The minimum Gasteiger partial charge on any atom is -0.478 e. The third kappa shape index (κ3) is 12.6. The van der Waals surface area contributed by atoms with Crippen LogP contribution >= 0.6 is 34.0 Å². The highest BCUT2D eigenvalue weighted by molar-refractivity contribution is 7.16. The lowest BCUT2D eigenvalue weighted by atomic mass is 9.85. The Bertz CT molecular complexity index is 2200. The van der Waals surface area contributed by atoms with Crippen molar-refractivity contribution in [2.24, 2.45) is 17.6 Å². The Balaban J connectivity index is 0.000000194. The van der Waals surface area contributed by atoms with Crippen molar-refractivity contribution in [3.05, 3.63) is 135 Å². The number of rotatable bonds is 12. The van der Waals surface area contributed by atoms with E-state index in [2.05, 4.69) is 10.3 Å². The van der Waals surface area contributed by atoms with Crippen molar-refractivity contribution in [1.29, 1.82) is 0 Å². The molecule has 13 heteroatoms. The van der Waals surface area contributed by atoms with Gasteiger partial charge in [-0.1, -0.05) is 62.4 Å². The number of ketones is 1. The topological polar surface area (TPSA) is 149 Å². The van der Waals surface area contributed by atoms with Gasteiger partial charge < -0.3 is 20.9 Å². The standard InChI is InChI=1S/C18H13NO3S2.C15H22FNO2.C9H7NOS/c20-15(9-8-13-7-4-10-23-13)19-17-16(18(21)22)14(11-24-17)12-5-2-1-3-6-12;1-4-19-15(18)14(10(2)3)13(17)9-11-5-7-12(16)8-6-11;1-6(11)7-2-3-8-9(4-7)12-5-10-8/h1-11H,(H,19,20)(H,21,22);5-8,10,13-14H,4,9,17H2,1-3H3;2-5H,1H3/b9-8+;;. The summed E-state index contributed by atoms with van der Waals surface area (Å²) in [5.41, 5.74) is 12.1. The molecule has 0 aliphatic rings. The number of thiazole rings is 1. The van der Waals surface area contributed by atoms with Crippen LogP contribution in [0.5, 0.6) is 0 Å². The molecule has 6 aromatic rings. The molecular formula is C42H42FN3O6S3. The summed E-state index contributed by atoms with van der Waals surface area (Å²) in [6.45, 7) is 7.60. The smallest absolute Gasteiger partial charge is 0.339 e. The summed E-state index contributed by atoms with van der Waals surface area (Å²) < 4.78 is 19.0. The van der Waals surface area contributed by atoms with E-state index >= 15 is 0 Å². The van der Waals surface area contributed by atoms with Gasteiger partial charge in [-0.25, -0.2) is 14.2 Å². The van der Waals surface area contributed by atoms with Gasteiger partial charge in [0.2, 0.25) is 5.91 Å². The summed E-state index contributed by atoms with van der Waals surface area (Å²) in [7, 11) is 0. The molecule has 2 unspecified atom stereocenters. The zero-order chi connectivity index (χ0) is 39.9. The average Bonchev–Trinajstić information content (AvgIpc) is 3.94. The van der Waals surface area contributed by atoms with Crippen LogP contribution < -0.4 is 11.1 Å². The van der Waals surface area contributed by atoms with Crippen LogP contribution in [-0.4, -0.2) is 46.4 Å². The highest BCUT2D eigenvalue weighted by Crippen LogP contribution is 2.35. The molecule has 1 amide bonds. The van der Waals surface area contributed by atoms with Gasteiger partial charge in [-0.15, -0.1) is 34.0 Å². The Kier molecular flexibility index (Phi) is 16.1. The van der Waals surface area contributed by atoms with E-state index in [9.17, 15) is 28.7 Å². The number of hydrogen-bond donors (Lipinski definition) is 3. The SMILES string of the molecule is CC(=O)c1ccc2ncsc2c1.CCOC(=O)C(C(C)C)C(N)Cc1ccc(F)cc1.O=C(/C=C/c1cccs1)Nc1scc(-c2ccccc2)c1C(=O)O. The molecule has 0 saturated heterocycles. The molecule has 0 saturated carbocycles. The van der Waals surface area contributed by atoms with Crippen LogP contribution in [0.1, 0.15) is 58.9 Å². The molecule has 0 spiro atoms. The summed E-state index contributed by atoms with van der Waals surface area (Å²) in [6, 6.07) is 24.5. The summed E-state index contributed by atoms with van der Waals surface area (Å²) in [5, 5.41) is 16.2. The number of ether oxygens (including phenoxy) is 1. The van der Waals surface area contributed by atoms with E-state index in [1.807, 2.05) is 79.9 Å². The number of thiophene rings is 2. The molecule has 286 valence electrons. The van der Waals surface area contributed by atoms with Gasteiger partial charge in [0.05, 0.1) is 28.3 Å². The van der Waals surface area contributed by atoms with Crippen molar-refractivity contribution in [2.45, 2.75) is 40.2 Å². The first-order chi connectivity index (χ1) is 26.4. The number of carboxylic acid groups (broad SMARTS) is 1. The Morgan fingerprint density at radius 3 is 2.31 bits per heavy atom. The lowest BCUT2D eigenvalue weighted by Crippen LogP contribution is -2.41. The Hall–Kier alpha value is -5.34. The number of anilines is 1. The van der Waals surface area contributed by atoms with Gasteiger partial charge in [-0.2, -0.15) is 0 Å². The maximum atomic E-state index is 12.8. The molecule has 3 aromatic heterocycles. The number of amides is 1. The van der Waals surface area contributed by atoms with Crippen molar-refractivity contribution in [1.82, 2.24) is 4.98 Å². The van der Waals surface area contributed by atoms with Gasteiger partial charge in [-0.05, 0) is 85.2 Å². The number of nitrogens with two attached hydrogens (primary N) is 1. The van der Waals surface area contributed by atoms with Crippen molar-refractivity contribution in [3.63, 3.8) is 0 Å². The van der Waals surface area contributed by atoms with Gasteiger partial charge in [0.1, 0.15) is 16.4 Å². The van der Waals surface area contributed by atoms with E-state index in [4.69, 9.17) is 10.5 Å². The molecule has 0 fully saturated rings. The first-order valence-electron chi connectivity index (χ1n) is 17.3. The first-order valence-corrected chi connectivity index (χ1v) is 19.9. The second kappa shape index (κ2) is 20.9. The lowest BCUT2D eigenvalue weighted by molar-refractivity contribution is -0.150. The molecular weight excluding hydrogens is 758 g/mol. The number of carbonyl (C=O) groups excluding carboxylic acids is 3. The number of aromatic nitrogens is 1. The number of halogens is 1. The second-order valence-corrected chi connectivity index (χ2v) is 15.2. The molecule has 6 rings (SSSR count). The first kappa shape index (κ1) is 42.4. The molecule has 2 atom stereocenters. The van der Waals surface area contributed by atoms with E-state index in [0.29, 0.717) is 23.6 Å². The molecule has 9 nitrogen and oxygen atoms in total. The number of aromatic carboxylic acids is 1. The van der Waals surface area contributed by atoms with Crippen LogP contribution in [0.25, 0.3) is 27.4 Å². The molecule has 4 N–H and O–H groups in total. The van der Waals surface area contributed by atoms with Crippen LogP contribution in [0, 0.1) is 17.7 Å². The fourth-order valence-corrected chi connectivity index (χ4v) is 7.76. The number of nitrogens with zero attached hydrogens (tertiary/aromatic N) is 1. The molecule has 0 bridgehead atoms. The van der Waals surface area contributed by atoms with Gasteiger partial charge >= 0.3 is 11.9 Å². The van der Waals surface area contributed by atoms with Crippen LogP contribution in [0.2, 0.25) is 0 Å². The Labute approximate surface area is 331 Å². The molecule has 55 heavy (non-hydrogen) atoms. The van der Waals surface area contributed by atoms with E-state index in [0.717, 1.165) is 31.8 Å². The monoisotopic (exact) mass is 799 g/mol. The van der Waals surface area contributed by atoms with E-state index in [1.165, 1.54) is 40.9 Å². The predicted octanol–water partition coefficient (Wildman–Crippen LogP) is 9.86. The third-order valence-corrected chi connectivity index (χ3v) is 10.7. The van der Waals surface area contributed by atoms with Crippen LogP contribution in [0.15, 0.2) is 107 Å². The zero-order valence-corrected chi connectivity index (χ0v) is 33.2. The number of carboxylic acids is 1. The van der Waals surface area contributed by atoms with E-state index in [1.54, 1.807) is 54.3 Å². The van der Waals surface area contributed by atoms with Crippen molar-refractivity contribution in [2.75, 3.05) is 11.9 Å². The molecule has 3 heterocycles. The third-order valence-electron chi connectivity index (χ3n) is 8.13. The predicted molar refractivity (Wildman–Crippen MR) is 221 cm³/mol. The molecule has 0 aliphatic heterocycles. The Morgan fingerprint density at radius 1 is 0.964 bits per heavy atom. The van der Waals surface area contributed by atoms with E-state index < -0.39 is 5.97 Å². The summed E-state index contributed by atoms with van der Waals surface area (Å²) in [6.07, 6.45) is 3.63. The number of Topliss-reactive ketones (excluding diaryl/α,β-unsaturated/α-hetero) is 1. The number of hydrogen-bond acceptors (Lipinski definition) is 10. The Morgan fingerprint density at radius 2 is 1.69 bits per heavy atom. The minimum atomic E-state index is -1.06. The van der Waals surface area contributed by atoms with Crippen molar-refractivity contribution in [3.8, 4) is 11.1 Å². The number of fused-ring (bicyclic) bond motifs is 1. The quantitative estimate of drug-likeness (QED) is 0.0630. The highest BCUT2D eigenvalue weighted by Gasteiger charge is 2.30. The normalized spacial score (nSPS) is 11.9. The average molecular weight is 800 g/mol. The van der Waals surface area contributed by atoms with Crippen LogP contribution in [0.4, 0.5) is 9.39 Å². The van der Waals surface area contributed by atoms with Gasteiger partial charge in [0, 0.05) is 33.5 Å². The fourth-order valence-electron chi connectivity index (χ4n) is 5.46. The van der Waals surface area contributed by atoms with Gasteiger partial charge in [-0.3, -0.25) is 14.4 Å². The fraction of sp³-hybridized carbons (Fsp3) is 0.214. The van der Waals surface area contributed by atoms with Crippen molar-refractivity contribution >= 4 is 78.9 Å². The minimum absolute atomic E-state index is 0.102. The summed E-state index contributed by atoms with van der Waals surface area (Å²) >= 11 is 4.28. The zero-order valence-electron chi connectivity index (χ0n) is 30.7. The van der Waals surface area contributed by atoms with Gasteiger partial charge in [0.25, 0.3) is 0 Å². The maximum Gasteiger partial charge on any atom is 0.339 e. The van der Waals surface area contributed by atoms with Gasteiger partial charge in [0.15, 0.2) is 5.78 Å². The number of nitrogens with one attached hydrogen (secondary N) is 1. The van der Waals surface area contributed by atoms with Crippen LogP contribution in [-0.2, 0) is 20.7 Å². The number of esters is 1. The molecule has 0 radical (unpaired) electrons. The summed E-state index contributed by atoms with van der Waals surface area (Å²) in [5.74, 6) is -2.08. The number of carbonyl (C=O) groups is 4. The molecule has 3 aromatic carbocycles. The van der Waals surface area contributed by atoms with Crippen molar-refractivity contribution < 1.29 is 33.4 Å².